The highest BCUT2D eigenvalue weighted by Crippen LogP contribution is 2.34. The van der Waals surface area contributed by atoms with Crippen LogP contribution in [0.15, 0.2) is 6.33 Å². The van der Waals surface area contributed by atoms with Crippen molar-refractivity contribution in [1.82, 2.24) is 14.9 Å². The molecule has 1 amide bonds. The van der Waals surface area contributed by atoms with Gasteiger partial charge in [0.25, 0.3) is 0 Å². The Kier molecular flexibility index (Phi) is 10.1. The van der Waals surface area contributed by atoms with Crippen LogP contribution in [0.1, 0.15) is 58.3 Å². The van der Waals surface area contributed by atoms with Gasteiger partial charge < -0.3 is 21.1 Å². The molecular weight excluding hydrogens is 480 g/mol. The van der Waals surface area contributed by atoms with Crippen LogP contribution in [-0.4, -0.2) is 76.9 Å². The largest absolute Gasteiger partial charge is 0.391 e. The number of aliphatic hydroxyl groups excluding tert-OH is 1. The van der Waals surface area contributed by atoms with Crippen LogP contribution in [0.2, 0.25) is 0 Å². The first kappa shape index (κ1) is 28.4. The van der Waals surface area contributed by atoms with Crippen LogP contribution in [0.5, 0.6) is 0 Å². The number of likely N-dealkylation sites (tertiary alicyclic amines) is 1. The summed E-state index contributed by atoms with van der Waals surface area (Å²) in [5, 5.41) is 13.5. The van der Waals surface area contributed by atoms with Gasteiger partial charge in [-0.05, 0) is 51.0 Å². The van der Waals surface area contributed by atoms with E-state index in [0.717, 1.165) is 19.3 Å². The maximum atomic E-state index is 15.6. The summed E-state index contributed by atoms with van der Waals surface area (Å²) < 4.78 is 53.4. The molecule has 1 aromatic heterocycles. The van der Waals surface area contributed by atoms with E-state index in [4.69, 9.17) is 5.73 Å². The third kappa shape index (κ3) is 8.16. The van der Waals surface area contributed by atoms with Gasteiger partial charge in [0.15, 0.2) is 11.6 Å². The third-order valence-corrected chi connectivity index (χ3v) is 7.38. The highest BCUT2D eigenvalue weighted by Gasteiger charge is 2.32. The Labute approximate surface area is 209 Å². The second-order valence-corrected chi connectivity index (χ2v) is 10.1. The van der Waals surface area contributed by atoms with E-state index in [0.29, 0.717) is 45.4 Å². The Bertz CT molecular complexity index is 854. The molecule has 0 spiro atoms. The molecule has 12 heteroatoms. The fourth-order valence-electron chi connectivity index (χ4n) is 4.96. The summed E-state index contributed by atoms with van der Waals surface area (Å²) >= 11 is 0. The van der Waals surface area contributed by atoms with E-state index in [2.05, 4.69) is 15.3 Å². The van der Waals surface area contributed by atoms with Crippen LogP contribution >= 0.6 is 0 Å². The highest BCUT2D eigenvalue weighted by atomic mass is 19.4. The smallest absolute Gasteiger partial charge is 0.389 e. The summed E-state index contributed by atoms with van der Waals surface area (Å²) in [6.45, 7) is 3.70. The van der Waals surface area contributed by atoms with Gasteiger partial charge in [0.1, 0.15) is 6.33 Å². The summed E-state index contributed by atoms with van der Waals surface area (Å²) in [5.41, 5.74) is 5.23. The number of carbonyl (C=O) groups excluding carboxylic acids is 1. The van der Waals surface area contributed by atoms with Gasteiger partial charge in [-0.2, -0.15) is 17.6 Å². The molecule has 36 heavy (non-hydrogen) atoms. The summed E-state index contributed by atoms with van der Waals surface area (Å²) in [6, 6.07) is 0.107. The number of hydrogen-bond acceptors (Lipinski definition) is 7. The summed E-state index contributed by atoms with van der Waals surface area (Å²) in [6.07, 6.45) is 0.221. The van der Waals surface area contributed by atoms with Crippen LogP contribution in [0.3, 0.4) is 0 Å². The minimum Gasteiger partial charge on any atom is -0.391 e. The summed E-state index contributed by atoms with van der Waals surface area (Å²) in [4.78, 5) is 23.1. The average Bonchev–Trinajstić information content (AvgIpc) is 2.75. The number of nitrogens with two attached hydrogens (primary N) is 1. The minimum atomic E-state index is -4.17. The van der Waals surface area contributed by atoms with E-state index < -0.39 is 30.4 Å². The third-order valence-electron chi connectivity index (χ3n) is 7.38. The predicted molar refractivity (Wildman–Crippen MR) is 129 cm³/mol. The quantitative estimate of drug-likeness (QED) is 0.344. The number of nitrogens with zero attached hydrogens (tertiary/aromatic N) is 4. The average molecular weight is 519 g/mol. The monoisotopic (exact) mass is 518 g/mol. The van der Waals surface area contributed by atoms with Gasteiger partial charge in [0.2, 0.25) is 11.7 Å². The highest BCUT2D eigenvalue weighted by molar-refractivity contribution is 5.75. The lowest BCUT2D eigenvalue weighted by atomic mass is 9.89. The molecule has 204 valence electrons. The van der Waals surface area contributed by atoms with E-state index >= 15 is 4.39 Å². The maximum absolute atomic E-state index is 15.6. The topological polar surface area (TPSA) is 108 Å². The Morgan fingerprint density at radius 3 is 2.67 bits per heavy atom. The van der Waals surface area contributed by atoms with Crippen molar-refractivity contribution < 1.29 is 27.5 Å². The first-order valence-electron chi connectivity index (χ1n) is 12.8. The number of carbonyl (C=O) groups is 1. The second kappa shape index (κ2) is 12.8. The van der Waals surface area contributed by atoms with Crippen molar-refractivity contribution in [3.8, 4) is 0 Å². The van der Waals surface area contributed by atoms with Gasteiger partial charge >= 0.3 is 6.18 Å². The Hall–Kier alpha value is -2.21. The number of amides is 1. The number of aliphatic hydroxyl groups is 1. The molecule has 1 aromatic rings. The second-order valence-electron chi connectivity index (χ2n) is 10.1. The molecule has 4 N–H and O–H groups in total. The molecule has 0 aromatic carbocycles. The fraction of sp³-hybridized carbons (Fsp3) is 0.792. The molecule has 0 radical (unpaired) electrons. The number of aromatic nitrogens is 2. The van der Waals surface area contributed by atoms with Gasteiger partial charge in [0.05, 0.1) is 12.6 Å². The Morgan fingerprint density at radius 1 is 1.33 bits per heavy atom. The molecule has 1 aliphatic heterocycles. The predicted octanol–water partition coefficient (Wildman–Crippen LogP) is 3.31. The molecular formula is C24H38F4N6O2. The van der Waals surface area contributed by atoms with Crippen molar-refractivity contribution >= 4 is 17.5 Å². The molecule has 1 aliphatic carbocycles. The number of rotatable bonds is 13. The van der Waals surface area contributed by atoms with Crippen molar-refractivity contribution in [1.29, 1.82) is 0 Å². The van der Waals surface area contributed by atoms with E-state index in [-0.39, 0.29) is 42.5 Å². The van der Waals surface area contributed by atoms with E-state index in [1.807, 2.05) is 11.8 Å². The van der Waals surface area contributed by atoms with Gasteiger partial charge in [-0.3, -0.25) is 9.69 Å². The van der Waals surface area contributed by atoms with Gasteiger partial charge in [0, 0.05) is 38.0 Å². The lowest BCUT2D eigenvalue weighted by Crippen LogP contribution is -2.48. The summed E-state index contributed by atoms with van der Waals surface area (Å²) in [5.74, 6) is -0.969. The number of halogens is 4. The zero-order chi connectivity index (χ0) is 26.3. The first-order valence-corrected chi connectivity index (χ1v) is 12.8. The van der Waals surface area contributed by atoms with Crippen molar-refractivity contribution in [3.63, 3.8) is 0 Å². The Balaban J connectivity index is 1.64. The number of piperidine rings is 1. The zero-order valence-corrected chi connectivity index (χ0v) is 20.8. The number of anilines is 2. The molecule has 1 saturated carbocycles. The van der Waals surface area contributed by atoms with Crippen LogP contribution in [0, 0.1) is 17.7 Å². The number of primary amides is 1. The van der Waals surface area contributed by atoms with Crippen molar-refractivity contribution in [3.05, 3.63) is 12.1 Å². The van der Waals surface area contributed by atoms with Gasteiger partial charge in [-0.15, -0.1) is 0 Å². The number of β-amino-alcohol motifs (C(OH)–C–C–N with tert-alkyl or cyclic N) is 1. The molecule has 2 fully saturated rings. The molecule has 0 bridgehead atoms. The van der Waals surface area contributed by atoms with Crippen molar-refractivity contribution in [2.75, 3.05) is 42.9 Å². The van der Waals surface area contributed by atoms with Crippen LogP contribution < -0.4 is 16.0 Å². The van der Waals surface area contributed by atoms with Crippen LogP contribution in [0.4, 0.5) is 29.2 Å². The SMILES string of the molecule is CC[C@@H](CCCC(F)(F)F)CN(c1ncnc(NCC2CCN(CC(N)=O)CC2O)c1F)C1CCC1. The van der Waals surface area contributed by atoms with E-state index in [1.54, 1.807) is 4.90 Å². The Morgan fingerprint density at radius 2 is 2.08 bits per heavy atom. The minimum absolute atomic E-state index is 0.000501. The lowest BCUT2D eigenvalue weighted by Gasteiger charge is -2.40. The zero-order valence-electron chi connectivity index (χ0n) is 20.8. The molecule has 2 heterocycles. The molecule has 2 aliphatic rings. The normalized spacial score (nSPS) is 22.2. The standard InChI is InChI=1S/C24H38F4N6O2/c1-2-16(5-4-9-24(26,27)28)12-34(18-6-3-7-18)23-21(25)22(31-15-32-23)30-11-17-8-10-33(13-19(17)35)14-20(29)36/h15-19,35H,2-14H2,1H3,(H2,29,36)(H,30,31,32)/t16-,17?,19?/m0/s1. The number of alkyl halides is 3. The van der Waals surface area contributed by atoms with Crippen molar-refractivity contribution in [2.24, 2.45) is 17.6 Å². The van der Waals surface area contributed by atoms with Crippen molar-refractivity contribution in [2.45, 2.75) is 76.6 Å². The molecule has 3 rings (SSSR count). The molecule has 8 nitrogen and oxygen atoms in total. The number of nitrogens with one attached hydrogen (secondary N) is 1. The van der Waals surface area contributed by atoms with Gasteiger partial charge in [-0.1, -0.05) is 13.3 Å². The first-order chi connectivity index (χ1) is 17.1. The summed E-state index contributed by atoms with van der Waals surface area (Å²) in [7, 11) is 0. The fourth-order valence-corrected chi connectivity index (χ4v) is 4.96. The number of hydrogen-bond donors (Lipinski definition) is 3. The molecule has 3 atom stereocenters. The van der Waals surface area contributed by atoms with E-state index in [9.17, 15) is 23.1 Å². The maximum Gasteiger partial charge on any atom is 0.389 e. The lowest BCUT2D eigenvalue weighted by molar-refractivity contribution is -0.136. The molecule has 1 saturated heterocycles. The molecule has 2 unspecified atom stereocenters. The van der Waals surface area contributed by atoms with Crippen LogP contribution in [-0.2, 0) is 4.79 Å². The van der Waals surface area contributed by atoms with Gasteiger partial charge in [-0.25, -0.2) is 9.97 Å². The van der Waals surface area contributed by atoms with Crippen LogP contribution in [0.25, 0.3) is 0 Å². The van der Waals surface area contributed by atoms with E-state index in [1.165, 1.54) is 6.33 Å².